The van der Waals surface area contributed by atoms with Crippen LogP contribution in [0.2, 0.25) is 0 Å². The molecule has 1 aromatic heterocycles. The van der Waals surface area contributed by atoms with Crippen LogP contribution in [0.15, 0.2) is 48.5 Å². The maximum Gasteiger partial charge on any atom is 0.140 e. The average Bonchev–Trinajstić information content (AvgIpc) is 3.04. The van der Waals surface area contributed by atoms with Gasteiger partial charge in [-0.15, -0.1) is 0 Å². The zero-order chi connectivity index (χ0) is 18.8. The molecule has 0 saturated heterocycles. The Hall–Kier alpha value is -2.39. The Labute approximate surface area is 162 Å². The van der Waals surface area contributed by atoms with Crippen LogP contribution in [-0.2, 0) is 26.1 Å². The van der Waals surface area contributed by atoms with Crippen molar-refractivity contribution >= 4 is 0 Å². The van der Waals surface area contributed by atoms with Gasteiger partial charge in [-0.2, -0.15) is 0 Å². The number of hydrogen-bond acceptors (Lipinski definition) is 2. The number of rotatable bonds is 5. The highest BCUT2D eigenvalue weighted by molar-refractivity contribution is 5.57. The van der Waals surface area contributed by atoms with E-state index in [9.17, 15) is 0 Å². The highest BCUT2D eigenvalue weighted by atomic mass is 15.2. The van der Waals surface area contributed by atoms with Crippen molar-refractivity contribution < 1.29 is 0 Å². The maximum absolute atomic E-state index is 5.05. The van der Waals surface area contributed by atoms with Crippen molar-refractivity contribution in [3.63, 3.8) is 0 Å². The fourth-order valence-corrected chi connectivity index (χ4v) is 4.09. The Morgan fingerprint density at radius 2 is 1.85 bits per heavy atom. The Morgan fingerprint density at radius 3 is 2.63 bits per heavy atom. The quantitative estimate of drug-likeness (QED) is 0.629. The lowest BCUT2D eigenvalue weighted by atomic mass is 10.0. The topological polar surface area (TPSA) is 21.1 Å². The predicted molar refractivity (Wildman–Crippen MR) is 112 cm³/mol. The van der Waals surface area contributed by atoms with Crippen LogP contribution >= 0.6 is 0 Å². The summed E-state index contributed by atoms with van der Waals surface area (Å²) in [5.74, 6) is 1.14. The van der Waals surface area contributed by atoms with Gasteiger partial charge in [-0.1, -0.05) is 61.0 Å². The van der Waals surface area contributed by atoms with Gasteiger partial charge in [0, 0.05) is 38.2 Å². The zero-order valence-corrected chi connectivity index (χ0v) is 16.7. The van der Waals surface area contributed by atoms with Crippen molar-refractivity contribution in [2.75, 3.05) is 6.54 Å². The van der Waals surface area contributed by atoms with E-state index in [1.54, 1.807) is 0 Å². The summed E-state index contributed by atoms with van der Waals surface area (Å²) in [5, 5.41) is 0. The molecule has 0 radical (unpaired) electrons. The summed E-state index contributed by atoms with van der Waals surface area (Å²) < 4.78 is 2.46. The van der Waals surface area contributed by atoms with Crippen LogP contribution in [0.4, 0.5) is 0 Å². The van der Waals surface area contributed by atoms with E-state index >= 15 is 0 Å². The van der Waals surface area contributed by atoms with Crippen molar-refractivity contribution in [2.24, 2.45) is 0 Å². The molecule has 3 heteroatoms. The average molecular weight is 360 g/mol. The minimum Gasteiger partial charge on any atom is -0.327 e. The molecule has 140 valence electrons. The van der Waals surface area contributed by atoms with Gasteiger partial charge in [0.2, 0.25) is 0 Å². The molecule has 1 aliphatic heterocycles. The summed E-state index contributed by atoms with van der Waals surface area (Å²) >= 11 is 0. The smallest absolute Gasteiger partial charge is 0.140 e. The van der Waals surface area contributed by atoms with Crippen LogP contribution in [0.1, 0.15) is 41.4 Å². The van der Waals surface area contributed by atoms with E-state index < -0.39 is 0 Å². The molecule has 0 bridgehead atoms. The molecule has 0 aliphatic carbocycles. The molecule has 0 atom stereocenters. The first-order valence-electron chi connectivity index (χ1n) is 10.1. The van der Waals surface area contributed by atoms with E-state index in [0.29, 0.717) is 0 Å². The van der Waals surface area contributed by atoms with E-state index in [2.05, 4.69) is 78.8 Å². The molecule has 0 fully saturated rings. The number of aryl methyl sites for hydroxylation is 2. The SMILES string of the molecule is CCCn1c(-c2ccccc2)nc2c1CN(Cc1cc(C)ccc1C)CC2. The molecule has 3 nitrogen and oxygen atoms in total. The van der Waals surface area contributed by atoms with Gasteiger partial charge >= 0.3 is 0 Å². The normalized spacial score (nSPS) is 14.3. The summed E-state index contributed by atoms with van der Waals surface area (Å²) in [6.07, 6.45) is 2.16. The van der Waals surface area contributed by atoms with E-state index in [1.807, 2.05) is 0 Å². The molecule has 3 aromatic rings. The van der Waals surface area contributed by atoms with Gasteiger partial charge in [-0.25, -0.2) is 4.98 Å². The third kappa shape index (κ3) is 3.70. The summed E-state index contributed by atoms with van der Waals surface area (Å²) in [6.45, 7) is 10.8. The molecular weight excluding hydrogens is 330 g/mol. The van der Waals surface area contributed by atoms with Crippen LogP contribution in [0, 0.1) is 13.8 Å². The first-order valence-corrected chi connectivity index (χ1v) is 10.1. The summed E-state index contributed by atoms with van der Waals surface area (Å²) in [6, 6.07) is 17.4. The van der Waals surface area contributed by atoms with Crippen LogP contribution in [-0.4, -0.2) is 21.0 Å². The molecule has 0 saturated carbocycles. The fourth-order valence-electron chi connectivity index (χ4n) is 4.09. The largest absolute Gasteiger partial charge is 0.327 e. The van der Waals surface area contributed by atoms with Crippen LogP contribution < -0.4 is 0 Å². The summed E-state index contributed by atoms with van der Waals surface area (Å²) in [4.78, 5) is 7.63. The lowest BCUT2D eigenvalue weighted by Crippen LogP contribution is -2.31. The molecule has 0 N–H and O–H groups in total. The van der Waals surface area contributed by atoms with Crippen molar-refractivity contribution in [1.29, 1.82) is 0 Å². The maximum atomic E-state index is 5.05. The molecule has 0 spiro atoms. The van der Waals surface area contributed by atoms with Crippen molar-refractivity contribution in [2.45, 2.75) is 53.2 Å². The van der Waals surface area contributed by atoms with Gasteiger partial charge in [0.1, 0.15) is 5.82 Å². The Balaban J connectivity index is 1.64. The van der Waals surface area contributed by atoms with E-state index in [0.717, 1.165) is 44.8 Å². The molecule has 1 aliphatic rings. The van der Waals surface area contributed by atoms with Gasteiger partial charge in [-0.05, 0) is 31.4 Å². The van der Waals surface area contributed by atoms with E-state index in [1.165, 1.54) is 33.6 Å². The lowest BCUT2D eigenvalue weighted by Gasteiger charge is -2.28. The molecule has 4 rings (SSSR count). The van der Waals surface area contributed by atoms with Crippen molar-refractivity contribution in [1.82, 2.24) is 14.5 Å². The number of benzene rings is 2. The van der Waals surface area contributed by atoms with Crippen LogP contribution in [0.5, 0.6) is 0 Å². The first-order chi connectivity index (χ1) is 13.2. The number of nitrogens with zero attached hydrogens (tertiary/aromatic N) is 3. The highest BCUT2D eigenvalue weighted by Crippen LogP contribution is 2.28. The third-order valence-corrected chi connectivity index (χ3v) is 5.57. The predicted octanol–water partition coefficient (Wildman–Crippen LogP) is 5.14. The van der Waals surface area contributed by atoms with E-state index in [-0.39, 0.29) is 0 Å². The number of imidazole rings is 1. The minimum atomic E-state index is 0.989. The minimum absolute atomic E-state index is 0.989. The summed E-state index contributed by atoms with van der Waals surface area (Å²) in [7, 11) is 0. The molecule has 0 amide bonds. The monoisotopic (exact) mass is 359 g/mol. The second-order valence-electron chi connectivity index (χ2n) is 7.74. The third-order valence-electron chi connectivity index (χ3n) is 5.57. The molecule has 2 heterocycles. The second kappa shape index (κ2) is 7.69. The van der Waals surface area contributed by atoms with Crippen LogP contribution in [0.3, 0.4) is 0 Å². The van der Waals surface area contributed by atoms with Gasteiger partial charge in [0.25, 0.3) is 0 Å². The Bertz CT molecular complexity index is 924. The molecule has 0 unspecified atom stereocenters. The Kier molecular flexibility index (Phi) is 5.13. The Morgan fingerprint density at radius 1 is 1.04 bits per heavy atom. The molecule has 27 heavy (non-hydrogen) atoms. The van der Waals surface area contributed by atoms with Crippen molar-refractivity contribution in [3.05, 3.63) is 76.6 Å². The highest BCUT2D eigenvalue weighted by Gasteiger charge is 2.24. The number of hydrogen-bond donors (Lipinski definition) is 0. The second-order valence-corrected chi connectivity index (χ2v) is 7.74. The van der Waals surface area contributed by atoms with E-state index in [4.69, 9.17) is 4.98 Å². The number of fused-ring (bicyclic) bond motifs is 1. The summed E-state index contributed by atoms with van der Waals surface area (Å²) in [5.41, 5.74) is 8.10. The fraction of sp³-hybridized carbons (Fsp3) is 0.375. The van der Waals surface area contributed by atoms with Crippen molar-refractivity contribution in [3.8, 4) is 11.4 Å². The lowest BCUT2D eigenvalue weighted by molar-refractivity contribution is 0.236. The van der Waals surface area contributed by atoms with Crippen LogP contribution in [0.25, 0.3) is 11.4 Å². The van der Waals surface area contributed by atoms with Gasteiger partial charge < -0.3 is 4.57 Å². The van der Waals surface area contributed by atoms with Gasteiger partial charge in [0.15, 0.2) is 0 Å². The zero-order valence-electron chi connectivity index (χ0n) is 16.7. The number of aromatic nitrogens is 2. The molecular formula is C24H29N3. The van der Waals surface area contributed by atoms with Gasteiger partial charge in [-0.3, -0.25) is 4.90 Å². The van der Waals surface area contributed by atoms with Gasteiger partial charge in [0.05, 0.1) is 11.4 Å². The molecule has 2 aromatic carbocycles. The first kappa shape index (κ1) is 18.0. The standard InChI is InChI=1S/C24H29N3/c1-4-13-27-23-17-26(16-21-15-18(2)10-11-19(21)3)14-12-22(23)25-24(27)20-8-6-5-7-9-20/h5-11,15H,4,12-14,16-17H2,1-3H3.